The molecule has 0 atom stereocenters. The van der Waals surface area contributed by atoms with Gasteiger partial charge in [-0.1, -0.05) is 20.8 Å². The summed E-state index contributed by atoms with van der Waals surface area (Å²) in [5, 5.41) is 11.4. The number of nitrogens with zero attached hydrogens (tertiary/aromatic N) is 3. The van der Waals surface area contributed by atoms with Gasteiger partial charge in [0.25, 0.3) is 0 Å². The molecule has 0 saturated heterocycles. The molecule has 0 aliphatic heterocycles. The van der Waals surface area contributed by atoms with Gasteiger partial charge in [-0.05, 0) is 5.92 Å². The van der Waals surface area contributed by atoms with E-state index in [0.717, 1.165) is 17.9 Å². The van der Waals surface area contributed by atoms with Gasteiger partial charge in [0.15, 0.2) is 11.5 Å². The lowest BCUT2D eigenvalue weighted by molar-refractivity contribution is 0.759. The van der Waals surface area contributed by atoms with Crippen molar-refractivity contribution in [2.24, 2.45) is 0 Å². The van der Waals surface area contributed by atoms with Crippen LogP contribution in [0.3, 0.4) is 0 Å². The molecule has 0 spiro atoms. The molecule has 13 heavy (non-hydrogen) atoms. The quantitative estimate of drug-likeness (QED) is 0.761. The molecule has 0 unspecified atom stereocenters. The molecule has 4 heteroatoms. The Bertz CT molecular complexity index is 410. The molecule has 2 rings (SSSR count). The van der Waals surface area contributed by atoms with Gasteiger partial charge in [-0.3, -0.25) is 5.10 Å². The summed E-state index contributed by atoms with van der Waals surface area (Å²) in [5.41, 5.74) is 2.13. The molecule has 0 bridgehead atoms. The molecule has 2 aromatic heterocycles. The predicted molar refractivity (Wildman–Crippen MR) is 50.8 cm³/mol. The second-order valence-electron chi connectivity index (χ2n) is 3.53. The Kier molecular flexibility index (Phi) is 1.83. The van der Waals surface area contributed by atoms with E-state index >= 15 is 0 Å². The van der Waals surface area contributed by atoms with Crippen LogP contribution in [0, 0.1) is 0 Å². The van der Waals surface area contributed by atoms with Crippen molar-refractivity contribution < 1.29 is 0 Å². The molecule has 1 N–H and O–H groups in total. The maximum absolute atomic E-state index is 4.07. The first kappa shape index (κ1) is 8.29. The largest absolute Gasteiger partial charge is 0.295 e. The van der Waals surface area contributed by atoms with E-state index < -0.39 is 0 Å². The van der Waals surface area contributed by atoms with E-state index in [9.17, 15) is 0 Å². The Morgan fingerprint density at radius 2 is 2.23 bits per heavy atom. The third kappa shape index (κ3) is 1.22. The molecule has 0 radical (unpaired) electrons. The van der Waals surface area contributed by atoms with E-state index in [1.165, 1.54) is 5.69 Å². The van der Waals surface area contributed by atoms with Gasteiger partial charge in [-0.2, -0.15) is 0 Å². The first-order chi connectivity index (χ1) is 6.22. The molecule has 0 fully saturated rings. The van der Waals surface area contributed by atoms with Crippen molar-refractivity contribution in [3.63, 3.8) is 0 Å². The van der Waals surface area contributed by atoms with Crippen molar-refractivity contribution in [1.82, 2.24) is 19.8 Å². The van der Waals surface area contributed by atoms with E-state index in [1.54, 1.807) is 0 Å². The van der Waals surface area contributed by atoms with Crippen molar-refractivity contribution in [1.29, 1.82) is 0 Å². The zero-order valence-corrected chi connectivity index (χ0v) is 8.20. The second-order valence-corrected chi connectivity index (χ2v) is 3.53. The Balaban J connectivity index is 2.56. The molecule has 0 saturated carbocycles. The summed E-state index contributed by atoms with van der Waals surface area (Å²) < 4.78 is 1.95. The average Bonchev–Trinajstić information content (AvgIpc) is 2.60. The number of H-pyrrole nitrogens is 1. The molecular weight excluding hydrogens is 164 g/mol. The van der Waals surface area contributed by atoms with Crippen LogP contribution in [-0.4, -0.2) is 19.8 Å². The predicted octanol–water partition coefficient (Wildman–Crippen LogP) is 1.74. The van der Waals surface area contributed by atoms with Crippen LogP contribution in [0.25, 0.3) is 5.65 Å². The third-order valence-electron chi connectivity index (χ3n) is 2.22. The van der Waals surface area contributed by atoms with Crippen molar-refractivity contribution in [2.45, 2.75) is 33.1 Å². The highest BCUT2D eigenvalue weighted by Gasteiger charge is 2.08. The molecule has 0 aliphatic rings. The van der Waals surface area contributed by atoms with Crippen molar-refractivity contribution in [3.8, 4) is 0 Å². The van der Waals surface area contributed by atoms with Gasteiger partial charge < -0.3 is 0 Å². The Hall–Kier alpha value is -1.32. The molecule has 4 nitrogen and oxygen atoms in total. The smallest absolute Gasteiger partial charge is 0.177 e. The van der Waals surface area contributed by atoms with Crippen molar-refractivity contribution >= 4 is 5.65 Å². The van der Waals surface area contributed by atoms with Gasteiger partial charge in [-0.15, -0.1) is 10.2 Å². The number of hydrogen-bond acceptors (Lipinski definition) is 2. The average molecular weight is 178 g/mol. The van der Waals surface area contributed by atoms with Crippen molar-refractivity contribution in [2.75, 3.05) is 0 Å². The minimum absolute atomic E-state index is 0.506. The van der Waals surface area contributed by atoms with Crippen LogP contribution in [0.1, 0.15) is 38.2 Å². The molecule has 0 aliphatic carbocycles. The lowest BCUT2D eigenvalue weighted by Gasteiger charge is -1.98. The summed E-state index contributed by atoms with van der Waals surface area (Å²) >= 11 is 0. The number of aromatic nitrogens is 4. The van der Waals surface area contributed by atoms with Gasteiger partial charge in [0.1, 0.15) is 0 Å². The van der Waals surface area contributed by atoms with E-state index in [2.05, 4.69) is 42.1 Å². The van der Waals surface area contributed by atoms with Crippen LogP contribution < -0.4 is 0 Å². The Morgan fingerprint density at radius 3 is 2.85 bits per heavy atom. The monoisotopic (exact) mass is 178 g/mol. The number of hydrogen-bond donors (Lipinski definition) is 1. The van der Waals surface area contributed by atoms with Gasteiger partial charge in [0, 0.05) is 18.2 Å². The normalized spacial score (nSPS) is 11.7. The van der Waals surface area contributed by atoms with E-state index in [4.69, 9.17) is 0 Å². The van der Waals surface area contributed by atoms with Gasteiger partial charge in [-0.25, -0.2) is 4.52 Å². The second kappa shape index (κ2) is 2.87. The van der Waals surface area contributed by atoms with Crippen LogP contribution in [-0.2, 0) is 6.42 Å². The van der Waals surface area contributed by atoms with Crippen LogP contribution in [0.5, 0.6) is 0 Å². The Morgan fingerprint density at radius 1 is 1.46 bits per heavy atom. The highest BCUT2D eigenvalue weighted by molar-refractivity contribution is 5.39. The SMILES string of the molecule is CCc1nnc2cc(C(C)C)[nH]n12. The fourth-order valence-electron chi connectivity index (χ4n) is 1.37. The minimum atomic E-state index is 0.506. The van der Waals surface area contributed by atoms with E-state index in [1.807, 2.05) is 4.52 Å². The summed E-state index contributed by atoms with van der Waals surface area (Å²) in [6.45, 7) is 6.39. The van der Waals surface area contributed by atoms with Crippen LogP contribution in [0.2, 0.25) is 0 Å². The van der Waals surface area contributed by atoms with Gasteiger partial charge in [0.05, 0.1) is 0 Å². The van der Waals surface area contributed by atoms with Crippen molar-refractivity contribution in [3.05, 3.63) is 17.6 Å². The fourth-order valence-corrected chi connectivity index (χ4v) is 1.37. The summed E-state index contributed by atoms with van der Waals surface area (Å²) in [6, 6.07) is 2.05. The van der Waals surface area contributed by atoms with E-state index in [0.29, 0.717) is 5.92 Å². The number of nitrogens with one attached hydrogen (secondary N) is 1. The van der Waals surface area contributed by atoms with Crippen LogP contribution >= 0.6 is 0 Å². The van der Waals surface area contributed by atoms with E-state index in [-0.39, 0.29) is 0 Å². The third-order valence-corrected chi connectivity index (χ3v) is 2.22. The maximum atomic E-state index is 4.07. The molecular formula is C9H14N4. The lowest BCUT2D eigenvalue weighted by Crippen LogP contribution is -1.95. The zero-order valence-electron chi connectivity index (χ0n) is 8.20. The summed E-state index contributed by atoms with van der Waals surface area (Å²) in [7, 11) is 0. The number of fused-ring (bicyclic) bond motifs is 1. The topological polar surface area (TPSA) is 46.0 Å². The van der Waals surface area contributed by atoms with Crippen LogP contribution in [0.4, 0.5) is 0 Å². The molecule has 2 heterocycles. The van der Waals surface area contributed by atoms with Gasteiger partial charge in [0.2, 0.25) is 0 Å². The summed E-state index contributed by atoms with van der Waals surface area (Å²) in [5.74, 6) is 1.49. The standard InChI is InChI=1S/C9H14N4/c1-4-8-10-11-9-5-7(6(2)3)12-13(8)9/h5-6,12H,4H2,1-3H3. The zero-order chi connectivity index (χ0) is 9.42. The first-order valence-electron chi connectivity index (χ1n) is 4.65. The first-order valence-corrected chi connectivity index (χ1v) is 4.65. The van der Waals surface area contributed by atoms with Crippen LogP contribution in [0.15, 0.2) is 6.07 Å². The molecule has 0 aromatic carbocycles. The Labute approximate surface area is 77.0 Å². The lowest BCUT2D eigenvalue weighted by atomic mass is 10.1. The number of aromatic amines is 1. The molecule has 0 amide bonds. The highest BCUT2D eigenvalue weighted by atomic mass is 15.4. The summed E-state index contributed by atoms with van der Waals surface area (Å²) in [4.78, 5) is 0. The molecule has 2 aromatic rings. The minimum Gasteiger partial charge on any atom is -0.295 e. The maximum Gasteiger partial charge on any atom is 0.177 e. The summed E-state index contributed by atoms with van der Waals surface area (Å²) in [6.07, 6.45) is 0.902. The number of rotatable bonds is 2. The van der Waals surface area contributed by atoms with Gasteiger partial charge >= 0.3 is 0 Å². The fraction of sp³-hybridized carbons (Fsp3) is 0.556. The molecule has 70 valence electrons. The highest BCUT2D eigenvalue weighted by Crippen LogP contribution is 2.14. The number of aryl methyl sites for hydroxylation is 1.